The summed E-state index contributed by atoms with van der Waals surface area (Å²) in [7, 11) is 0. The van der Waals surface area contributed by atoms with E-state index >= 15 is 0 Å². The summed E-state index contributed by atoms with van der Waals surface area (Å²) < 4.78 is 9.37. The number of carbonyl (C=O) groups is 1. The molecule has 0 radical (unpaired) electrons. The summed E-state index contributed by atoms with van der Waals surface area (Å²) in [6.45, 7) is 0. The SMILES string of the molecule is O=C(O)C1OC=C(CBr)O1. The lowest BCUT2D eigenvalue weighted by Crippen LogP contribution is -2.20. The van der Waals surface area contributed by atoms with Crippen LogP contribution in [0, 0.1) is 0 Å². The van der Waals surface area contributed by atoms with Gasteiger partial charge in [-0.2, -0.15) is 0 Å². The number of halogens is 1. The molecule has 1 atom stereocenters. The molecule has 0 aromatic rings. The first-order valence-corrected chi connectivity index (χ1v) is 3.66. The lowest BCUT2D eigenvalue weighted by Gasteiger charge is -2.03. The minimum atomic E-state index is -1.16. The number of carboxylic acids is 1. The molecule has 1 rings (SSSR count). The molecule has 0 aliphatic carbocycles. The highest BCUT2D eigenvalue weighted by Gasteiger charge is 2.25. The van der Waals surface area contributed by atoms with Crippen molar-refractivity contribution in [1.29, 1.82) is 0 Å². The molecule has 56 valence electrons. The molecule has 1 N–H and O–H groups in total. The van der Waals surface area contributed by atoms with Gasteiger partial charge < -0.3 is 14.6 Å². The highest BCUT2D eigenvalue weighted by Crippen LogP contribution is 2.15. The van der Waals surface area contributed by atoms with E-state index in [2.05, 4.69) is 20.7 Å². The van der Waals surface area contributed by atoms with Gasteiger partial charge in [-0.05, 0) is 0 Å². The molecule has 5 heteroatoms. The van der Waals surface area contributed by atoms with Gasteiger partial charge >= 0.3 is 12.3 Å². The third-order valence-electron chi connectivity index (χ3n) is 0.915. The van der Waals surface area contributed by atoms with Crippen molar-refractivity contribution >= 4 is 21.9 Å². The third-order valence-corrected chi connectivity index (χ3v) is 1.47. The Balaban J connectivity index is 2.43. The molecule has 1 aliphatic heterocycles. The fraction of sp³-hybridized carbons (Fsp3) is 0.400. The van der Waals surface area contributed by atoms with Gasteiger partial charge in [-0.1, -0.05) is 15.9 Å². The van der Waals surface area contributed by atoms with Crippen LogP contribution in [0.2, 0.25) is 0 Å². The number of carboxylic acid groups (broad SMARTS) is 1. The van der Waals surface area contributed by atoms with E-state index in [1.807, 2.05) is 0 Å². The van der Waals surface area contributed by atoms with Crippen molar-refractivity contribution in [2.45, 2.75) is 6.29 Å². The number of aliphatic carboxylic acids is 1. The Morgan fingerprint density at radius 2 is 2.60 bits per heavy atom. The molecule has 0 aromatic heterocycles. The maximum Gasteiger partial charge on any atom is 0.387 e. The summed E-state index contributed by atoms with van der Waals surface area (Å²) in [5.41, 5.74) is 0. The normalized spacial score (nSPS) is 22.9. The van der Waals surface area contributed by atoms with Gasteiger partial charge in [-0.25, -0.2) is 4.79 Å². The van der Waals surface area contributed by atoms with E-state index in [1.165, 1.54) is 6.26 Å². The summed E-state index contributed by atoms with van der Waals surface area (Å²) in [4.78, 5) is 10.2. The molecule has 4 nitrogen and oxygen atoms in total. The summed E-state index contributed by atoms with van der Waals surface area (Å²) in [6, 6.07) is 0. The molecule has 0 bridgehead atoms. The van der Waals surface area contributed by atoms with Crippen LogP contribution >= 0.6 is 15.9 Å². The van der Waals surface area contributed by atoms with Crippen LogP contribution in [0.15, 0.2) is 12.0 Å². The van der Waals surface area contributed by atoms with E-state index in [9.17, 15) is 4.79 Å². The standard InChI is InChI=1S/C5H5BrO4/c6-1-3-2-9-5(10-3)4(7)8/h2,5H,1H2,(H,7,8). The Bertz CT molecular complexity index is 176. The average molecular weight is 209 g/mol. The van der Waals surface area contributed by atoms with Gasteiger partial charge in [0.2, 0.25) is 0 Å². The van der Waals surface area contributed by atoms with Crippen molar-refractivity contribution < 1.29 is 19.4 Å². The molecule has 1 aliphatic rings. The Hall–Kier alpha value is -0.710. The second-order valence-electron chi connectivity index (χ2n) is 1.64. The van der Waals surface area contributed by atoms with E-state index < -0.39 is 12.3 Å². The highest BCUT2D eigenvalue weighted by atomic mass is 79.9. The van der Waals surface area contributed by atoms with Gasteiger partial charge in [-0.15, -0.1) is 0 Å². The molecular formula is C5H5BrO4. The fourth-order valence-corrected chi connectivity index (χ4v) is 0.767. The van der Waals surface area contributed by atoms with Gasteiger partial charge in [0.05, 0.1) is 5.33 Å². The van der Waals surface area contributed by atoms with Crippen molar-refractivity contribution in [1.82, 2.24) is 0 Å². The smallest absolute Gasteiger partial charge is 0.387 e. The first kappa shape index (κ1) is 7.40. The number of hydrogen-bond acceptors (Lipinski definition) is 3. The monoisotopic (exact) mass is 208 g/mol. The Morgan fingerprint density at radius 3 is 2.90 bits per heavy atom. The number of ether oxygens (including phenoxy) is 2. The number of alkyl halides is 1. The van der Waals surface area contributed by atoms with Crippen molar-refractivity contribution in [2.75, 3.05) is 5.33 Å². The molecule has 0 saturated heterocycles. The van der Waals surface area contributed by atoms with E-state index in [-0.39, 0.29) is 0 Å². The van der Waals surface area contributed by atoms with Gasteiger partial charge in [0.25, 0.3) is 0 Å². The quantitative estimate of drug-likeness (QED) is 0.679. The highest BCUT2D eigenvalue weighted by molar-refractivity contribution is 9.09. The van der Waals surface area contributed by atoms with Crippen LogP contribution in [0.4, 0.5) is 0 Å². The van der Waals surface area contributed by atoms with E-state index in [1.54, 1.807) is 0 Å². The van der Waals surface area contributed by atoms with Crippen LogP contribution < -0.4 is 0 Å². The minimum absolute atomic E-state index is 0.469. The summed E-state index contributed by atoms with van der Waals surface area (Å²) in [5.74, 6) is -0.625. The molecule has 0 saturated carbocycles. The minimum Gasteiger partial charge on any atom is -0.476 e. The molecule has 0 amide bonds. The maximum atomic E-state index is 10.2. The molecule has 0 spiro atoms. The molecule has 1 heterocycles. The zero-order valence-electron chi connectivity index (χ0n) is 4.91. The molecule has 10 heavy (non-hydrogen) atoms. The molecular weight excluding hydrogens is 204 g/mol. The van der Waals surface area contributed by atoms with Gasteiger partial charge in [0.15, 0.2) is 0 Å². The van der Waals surface area contributed by atoms with Gasteiger partial charge in [0.1, 0.15) is 12.0 Å². The van der Waals surface area contributed by atoms with Crippen LogP contribution in [-0.2, 0) is 14.3 Å². The molecule has 0 aromatic carbocycles. The fourth-order valence-electron chi connectivity index (χ4n) is 0.502. The Morgan fingerprint density at radius 1 is 1.90 bits per heavy atom. The van der Waals surface area contributed by atoms with Crippen LogP contribution in [-0.4, -0.2) is 22.7 Å². The Kier molecular flexibility index (Phi) is 2.16. The lowest BCUT2D eigenvalue weighted by atomic mass is 10.6. The summed E-state index contributed by atoms with van der Waals surface area (Å²) in [5, 5.41) is 8.80. The van der Waals surface area contributed by atoms with Crippen LogP contribution in [0.25, 0.3) is 0 Å². The van der Waals surface area contributed by atoms with Crippen molar-refractivity contribution in [3.05, 3.63) is 12.0 Å². The van der Waals surface area contributed by atoms with Crippen molar-refractivity contribution in [3.63, 3.8) is 0 Å². The maximum absolute atomic E-state index is 10.2. The third kappa shape index (κ3) is 1.41. The largest absolute Gasteiger partial charge is 0.476 e. The predicted molar refractivity (Wildman–Crippen MR) is 35.5 cm³/mol. The zero-order valence-corrected chi connectivity index (χ0v) is 6.50. The van der Waals surface area contributed by atoms with E-state index in [0.717, 1.165) is 0 Å². The second kappa shape index (κ2) is 2.92. The molecule has 1 unspecified atom stereocenters. The summed E-state index contributed by atoms with van der Waals surface area (Å²) >= 11 is 3.09. The summed E-state index contributed by atoms with van der Waals surface area (Å²) in [6.07, 6.45) is 0.126. The van der Waals surface area contributed by atoms with E-state index in [4.69, 9.17) is 9.84 Å². The number of rotatable bonds is 2. The van der Waals surface area contributed by atoms with Crippen LogP contribution in [0.5, 0.6) is 0 Å². The first-order chi connectivity index (χ1) is 4.74. The van der Waals surface area contributed by atoms with Gasteiger partial charge in [0, 0.05) is 0 Å². The van der Waals surface area contributed by atoms with Crippen LogP contribution in [0.3, 0.4) is 0 Å². The van der Waals surface area contributed by atoms with Crippen LogP contribution in [0.1, 0.15) is 0 Å². The topological polar surface area (TPSA) is 55.8 Å². The molecule has 0 fully saturated rings. The number of hydrogen-bond donors (Lipinski definition) is 1. The lowest BCUT2D eigenvalue weighted by molar-refractivity contribution is -0.163. The predicted octanol–water partition coefficient (Wildman–Crippen LogP) is 0.680. The van der Waals surface area contributed by atoms with Gasteiger partial charge in [-0.3, -0.25) is 0 Å². The van der Waals surface area contributed by atoms with E-state index in [0.29, 0.717) is 11.1 Å². The van der Waals surface area contributed by atoms with Crippen molar-refractivity contribution in [2.24, 2.45) is 0 Å². The number of allylic oxidation sites excluding steroid dienone is 1. The zero-order chi connectivity index (χ0) is 7.56. The Labute approximate surface area is 65.6 Å². The average Bonchev–Trinajstić information content (AvgIpc) is 2.34. The first-order valence-electron chi connectivity index (χ1n) is 2.54. The van der Waals surface area contributed by atoms with Crippen molar-refractivity contribution in [3.8, 4) is 0 Å². The second-order valence-corrected chi connectivity index (χ2v) is 2.20.